The van der Waals surface area contributed by atoms with E-state index in [4.69, 9.17) is 4.74 Å². The molecule has 1 aliphatic heterocycles. The standard InChI is InChI=1S/C32H50N4O6/c1-12-35(29(40)24-17-18-36(24)27(38)22(3)34(11)30(41)31(4,5)6)25(19-23-15-13-21(2)14-16-23)28(39)33(10)20-26(37)42-32(7,8)9/h13-16,22,24-25H,12,17-20H2,1-11H3/t22-,24-,25-/m0/s1. The van der Waals surface area contributed by atoms with E-state index in [1.807, 2.05) is 31.2 Å². The molecule has 1 aromatic rings. The van der Waals surface area contributed by atoms with Gasteiger partial charge in [-0.2, -0.15) is 0 Å². The van der Waals surface area contributed by atoms with Crippen LogP contribution >= 0.6 is 0 Å². The highest BCUT2D eigenvalue weighted by atomic mass is 16.6. The van der Waals surface area contributed by atoms with Crippen molar-refractivity contribution in [3.63, 3.8) is 0 Å². The van der Waals surface area contributed by atoms with Gasteiger partial charge in [-0.1, -0.05) is 50.6 Å². The summed E-state index contributed by atoms with van der Waals surface area (Å²) in [4.78, 5) is 72.3. The molecule has 0 radical (unpaired) electrons. The molecular weight excluding hydrogens is 536 g/mol. The molecule has 10 heteroatoms. The van der Waals surface area contributed by atoms with Crippen LogP contribution in [0.15, 0.2) is 24.3 Å². The lowest BCUT2D eigenvalue weighted by Gasteiger charge is -2.45. The van der Waals surface area contributed by atoms with Crippen molar-refractivity contribution in [1.82, 2.24) is 19.6 Å². The number of rotatable bonds is 10. The van der Waals surface area contributed by atoms with Gasteiger partial charge in [-0.25, -0.2) is 0 Å². The number of carbonyl (C=O) groups excluding carboxylic acids is 5. The molecule has 1 fully saturated rings. The van der Waals surface area contributed by atoms with Gasteiger partial charge in [0, 0.05) is 39.0 Å². The van der Waals surface area contributed by atoms with E-state index in [0.717, 1.165) is 11.1 Å². The summed E-state index contributed by atoms with van der Waals surface area (Å²) in [5.41, 5.74) is 0.589. The van der Waals surface area contributed by atoms with Crippen LogP contribution in [0.1, 0.15) is 72.9 Å². The first-order valence-electron chi connectivity index (χ1n) is 14.7. The average Bonchev–Trinajstić information content (AvgIpc) is 2.85. The van der Waals surface area contributed by atoms with Crippen molar-refractivity contribution in [2.24, 2.45) is 5.41 Å². The quantitative estimate of drug-likeness (QED) is 0.390. The minimum Gasteiger partial charge on any atom is -0.459 e. The van der Waals surface area contributed by atoms with Crippen molar-refractivity contribution in [2.75, 3.05) is 33.7 Å². The van der Waals surface area contributed by atoms with Crippen LogP contribution in [0.5, 0.6) is 0 Å². The normalized spacial score (nSPS) is 16.5. The van der Waals surface area contributed by atoms with Gasteiger partial charge in [-0.15, -0.1) is 0 Å². The largest absolute Gasteiger partial charge is 0.459 e. The number of esters is 1. The van der Waals surface area contributed by atoms with Gasteiger partial charge in [-0.3, -0.25) is 24.0 Å². The third kappa shape index (κ3) is 8.79. The van der Waals surface area contributed by atoms with Crippen molar-refractivity contribution in [2.45, 2.75) is 98.9 Å². The molecule has 0 N–H and O–H groups in total. The van der Waals surface area contributed by atoms with Gasteiger partial charge in [0.2, 0.25) is 23.6 Å². The molecule has 1 aliphatic rings. The fourth-order valence-electron chi connectivity index (χ4n) is 4.92. The van der Waals surface area contributed by atoms with E-state index in [1.54, 1.807) is 62.4 Å². The number of likely N-dealkylation sites (tertiary alicyclic amines) is 1. The van der Waals surface area contributed by atoms with Crippen molar-refractivity contribution < 1.29 is 28.7 Å². The van der Waals surface area contributed by atoms with Gasteiger partial charge in [0.25, 0.3) is 0 Å². The average molecular weight is 587 g/mol. The summed E-state index contributed by atoms with van der Waals surface area (Å²) in [7, 11) is 3.12. The van der Waals surface area contributed by atoms with Gasteiger partial charge in [0.1, 0.15) is 30.3 Å². The fraction of sp³-hybridized carbons (Fsp3) is 0.656. The summed E-state index contributed by atoms with van der Waals surface area (Å²) >= 11 is 0. The molecule has 0 aromatic heterocycles. The van der Waals surface area contributed by atoms with Crippen LogP contribution in [-0.4, -0.2) is 107 Å². The third-order valence-corrected chi connectivity index (χ3v) is 7.49. The number of hydrogen-bond donors (Lipinski definition) is 0. The Morgan fingerprint density at radius 3 is 2.02 bits per heavy atom. The van der Waals surface area contributed by atoms with Crippen LogP contribution in [-0.2, 0) is 35.1 Å². The lowest BCUT2D eigenvalue weighted by molar-refractivity contribution is -0.163. The molecule has 234 valence electrons. The molecular formula is C32H50N4O6. The van der Waals surface area contributed by atoms with Gasteiger partial charge in [-0.05, 0) is 53.5 Å². The van der Waals surface area contributed by atoms with Crippen molar-refractivity contribution in [1.29, 1.82) is 0 Å². The molecule has 1 saturated heterocycles. The summed E-state index contributed by atoms with van der Waals surface area (Å²) < 4.78 is 5.40. The van der Waals surface area contributed by atoms with Crippen LogP contribution in [0.3, 0.4) is 0 Å². The van der Waals surface area contributed by atoms with E-state index >= 15 is 0 Å². The summed E-state index contributed by atoms with van der Waals surface area (Å²) in [6.45, 7) is 16.5. The summed E-state index contributed by atoms with van der Waals surface area (Å²) in [5.74, 6) is -1.73. The number of benzene rings is 1. The molecule has 42 heavy (non-hydrogen) atoms. The minimum atomic E-state index is -0.891. The second-order valence-corrected chi connectivity index (χ2v) is 13.3. The highest BCUT2D eigenvalue weighted by Crippen LogP contribution is 2.26. The summed E-state index contributed by atoms with van der Waals surface area (Å²) in [6, 6.07) is 5.37. The molecule has 4 amide bonds. The highest BCUT2D eigenvalue weighted by Gasteiger charge is 2.45. The van der Waals surface area contributed by atoms with E-state index in [2.05, 4.69) is 0 Å². The zero-order chi connectivity index (χ0) is 32.2. The van der Waals surface area contributed by atoms with Crippen molar-refractivity contribution in [3.05, 3.63) is 35.4 Å². The van der Waals surface area contributed by atoms with Crippen LogP contribution in [0, 0.1) is 12.3 Å². The fourth-order valence-corrected chi connectivity index (χ4v) is 4.92. The zero-order valence-corrected chi connectivity index (χ0v) is 27.3. The lowest BCUT2D eigenvalue weighted by Crippen LogP contribution is -2.65. The highest BCUT2D eigenvalue weighted by molar-refractivity contribution is 5.96. The SMILES string of the molecule is CCN(C(=O)[C@@H]1CCN1C(=O)[C@H](C)N(C)C(=O)C(C)(C)C)[C@@H](Cc1ccc(C)cc1)C(=O)N(C)CC(=O)OC(C)(C)C. The minimum absolute atomic E-state index is 0.168. The Morgan fingerprint density at radius 2 is 1.57 bits per heavy atom. The Labute approximate surface area is 251 Å². The molecule has 0 aliphatic carbocycles. The van der Waals surface area contributed by atoms with E-state index in [1.165, 1.54) is 26.6 Å². The first-order chi connectivity index (χ1) is 19.3. The monoisotopic (exact) mass is 586 g/mol. The maximum absolute atomic E-state index is 14.0. The summed E-state index contributed by atoms with van der Waals surface area (Å²) in [6.07, 6.45) is 0.709. The van der Waals surface area contributed by atoms with E-state index in [0.29, 0.717) is 13.0 Å². The number of likely N-dealkylation sites (N-methyl/N-ethyl adjacent to an activating group) is 3. The van der Waals surface area contributed by atoms with E-state index < -0.39 is 41.0 Å². The molecule has 0 bridgehead atoms. The number of hydrogen-bond acceptors (Lipinski definition) is 6. The molecule has 0 spiro atoms. The third-order valence-electron chi connectivity index (χ3n) is 7.49. The number of aryl methyl sites for hydroxylation is 1. The molecule has 2 rings (SSSR count). The second kappa shape index (κ2) is 13.7. The first-order valence-corrected chi connectivity index (χ1v) is 14.7. The van der Waals surface area contributed by atoms with Crippen LogP contribution in [0.2, 0.25) is 0 Å². The molecule has 1 heterocycles. The van der Waals surface area contributed by atoms with Crippen LogP contribution < -0.4 is 0 Å². The van der Waals surface area contributed by atoms with Gasteiger partial charge in [0.05, 0.1) is 0 Å². The van der Waals surface area contributed by atoms with E-state index in [-0.39, 0.29) is 37.2 Å². The molecule has 0 saturated carbocycles. The molecule has 1 aromatic carbocycles. The predicted octanol–water partition coefficient (Wildman–Crippen LogP) is 3.05. The van der Waals surface area contributed by atoms with Crippen LogP contribution in [0.25, 0.3) is 0 Å². The predicted molar refractivity (Wildman–Crippen MR) is 161 cm³/mol. The Bertz CT molecular complexity index is 1150. The maximum atomic E-state index is 14.0. The number of carbonyl (C=O) groups is 5. The van der Waals surface area contributed by atoms with Gasteiger partial charge < -0.3 is 24.3 Å². The second-order valence-electron chi connectivity index (χ2n) is 13.3. The Hall–Kier alpha value is -3.43. The number of ether oxygens (including phenoxy) is 1. The van der Waals surface area contributed by atoms with Gasteiger partial charge in [0.15, 0.2) is 0 Å². The Morgan fingerprint density at radius 1 is 1.00 bits per heavy atom. The summed E-state index contributed by atoms with van der Waals surface area (Å²) in [5, 5.41) is 0. The van der Waals surface area contributed by atoms with Crippen molar-refractivity contribution >= 4 is 29.6 Å². The lowest BCUT2D eigenvalue weighted by atomic mass is 9.93. The van der Waals surface area contributed by atoms with Gasteiger partial charge >= 0.3 is 5.97 Å². The Balaban J connectivity index is 2.31. The number of nitrogens with zero attached hydrogens (tertiary/aromatic N) is 4. The number of amides is 4. The molecule has 0 unspecified atom stereocenters. The maximum Gasteiger partial charge on any atom is 0.326 e. The van der Waals surface area contributed by atoms with Crippen LogP contribution in [0.4, 0.5) is 0 Å². The zero-order valence-electron chi connectivity index (χ0n) is 27.3. The molecule has 10 nitrogen and oxygen atoms in total. The molecule has 3 atom stereocenters. The topological polar surface area (TPSA) is 108 Å². The first kappa shape index (κ1) is 34.8. The van der Waals surface area contributed by atoms with E-state index in [9.17, 15) is 24.0 Å². The van der Waals surface area contributed by atoms with Crippen molar-refractivity contribution in [3.8, 4) is 0 Å². The smallest absolute Gasteiger partial charge is 0.326 e. The Kier molecular flexibility index (Phi) is 11.3.